The molecule has 17 heteroatoms. The van der Waals surface area contributed by atoms with Gasteiger partial charge in [-0.05, 0) is 64.1 Å². The van der Waals surface area contributed by atoms with Crippen LogP contribution < -0.4 is 20.7 Å². The van der Waals surface area contributed by atoms with Crippen LogP contribution >= 0.6 is 0 Å². The van der Waals surface area contributed by atoms with E-state index in [2.05, 4.69) is 32.2 Å². The molecule has 16 nitrogen and oxygen atoms in total. The number of sulfonamides is 1. The molecule has 5 atom stereocenters. The number of hydrogen-bond acceptors (Lipinski definition) is 11. The number of amides is 5. The zero-order chi connectivity index (χ0) is 39.2. The number of carbonyl (C=O) groups excluding carboxylic acids is 5. The summed E-state index contributed by atoms with van der Waals surface area (Å²) in [5.74, 6) is -2.77. The van der Waals surface area contributed by atoms with Crippen molar-refractivity contribution in [1.29, 1.82) is 0 Å². The highest BCUT2D eigenvalue weighted by atomic mass is 32.2. The Labute approximate surface area is 323 Å². The largest absolute Gasteiger partial charge is 0.446 e. The predicted octanol–water partition coefficient (Wildman–Crippen LogP) is 2.71. The number of ether oxygens (including phenoxy) is 2. The van der Waals surface area contributed by atoms with E-state index in [9.17, 15) is 32.4 Å². The van der Waals surface area contributed by atoms with Crippen LogP contribution in [0.1, 0.15) is 77.0 Å². The van der Waals surface area contributed by atoms with E-state index >= 15 is 0 Å². The van der Waals surface area contributed by atoms with Crippen molar-refractivity contribution in [3.63, 3.8) is 0 Å². The van der Waals surface area contributed by atoms with Crippen molar-refractivity contribution in [3.8, 4) is 0 Å². The number of benzene rings is 1. The Balaban J connectivity index is 1.27. The first-order valence-electron chi connectivity index (χ1n) is 19.7. The van der Waals surface area contributed by atoms with Crippen LogP contribution in [0, 0.1) is 5.92 Å². The van der Waals surface area contributed by atoms with Gasteiger partial charge in [0.05, 0.1) is 12.2 Å². The first kappa shape index (κ1) is 40.3. The van der Waals surface area contributed by atoms with Crippen molar-refractivity contribution in [2.45, 2.75) is 112 Å². The number of nitrogens with one attached hydrogen (secondary N) is 4. The Morgan fingerprint density at radius 3 is 2.35 bits per heavy atom. The Kier molecular flexibility index (Phi) is 12.9. The smallest absolute Gasteiger partial charge is 0.410 e. The van der Waals surface area contributed by atoms with Crippen LogP contribution in [0.3, 0.4) is 0 Å². The molecule has 3 aliphatic heterocycles. The van der Waals surface area contributed by atoms with Crippen molar-refractivity contribution in [2.24, 2.45) is 5.92 Å². The fourth-order valence-electron chi connectivity index (χ4n) is 8.05. The fraction of sp³-hybridized carbons (Fsp3) is 0.658. The average Bonchev–Trinajstić information content (AvgIpc) is 3.41. The van der Waals surface area contributed by atoms with Gasteiger partial charge >= 0.3 is 12.2 Å². The predicted molar refractivity (Wildman–Crippen MR) is 202 cm³/mol. The molecule has 5 amide bonds. The van der Waals surface area contributed by atoms with Gasteiger partial charge in [0.1, 0.15) is 34.7 Å². The standard InChI is InChI=1S/C38H55N7O9S/c1-3-26-24-38(26)35(48)42-55(51,52)32-17-11-10-15-29(32)39-18-12-6-4-5-7-16-30(40-36(49)53-27-13-8-9-14-27)34(47)45-25-28(23-31(45)33(46)41-38)54-37(50)44-21-19-43(2)20-22-44/h3,10-11,15,17,26-28,30-31,39H,1,4-9,12-14,16,18-25H2,2H3,(H,40,49)(H,41,46)(H,42,48)/t26-,28-,30+,31+,38-/m1/s1. The average molecular weight is 786 g/mol. The van der Waals surface area contributed by atoms with Gasteiger partial charge in [-0.25, -0.2) is 22.7 Å². The van der Waals surface area contributed by atoms with Crippen LogP contribution in [0.2, 0.25) is 0 Å². The van der Waals surface area contributed by atoms with Gasteiger partial charge in [-0.15, -0.1) is 6.58 Å². The van der Waals surface area contributed by atoms with Crippen molar-refractivity contribution >= 4 is 45.6 Å². The number of carbonyl (C=O) groups is 5. The first-order chi connectivity index (χ1) is 26.4. The molecule has 0 radical (unpaired) electrons. The van der Waals surface area contributed by atoms with Gasteiger partial charge in [-0.1, -0.05) is 43.9 Å². The minimum atomic E-state index is -4.38. The SMILES string of the molecule is C=C[C@@H]1C[C@@]12NC(=O)[C@@H]1C[C@@H](OC(=O)N3CCN(C)CC3)CN1C(=O)[C@@H](NC(=O)OC1CCCC1)CCCCCCCNc1ccccc1S(=O)(=O)NC2=O. The van der Waals surface area contributed by atoms with E-state index in [1.54, 1.807) is 23.1 Å². The normalized spacial score (nSPS) is 29.9. The van der Waals surface area contributed by atoms with Crippen LogP contribution in [-0.4, -0.2) is 129 Å². The molecule has 3 heterocycles. The molecule has 55 heavy (non-hydrogen) atoms. The quantitative estimate of drug-likeness (QED) is 0.328. The monoisotopic (exact) mass is 785 g/mol. The highest BCUT2D eigenvalue weighted by molar-refractivity contribution is 7.90. The summed E-state index contributed by atoms with van der Waals surface area (Å²) in [5.41, 5.74) is -1.30. The van der Waals surface area contributed by atoms with Crippen LogP contribution in [0.15, 0.2) is 41.8 Å². The summed E-state index contributed by atoms with van der Waals surface area (Å²) >= 11 is 0. The van der Waals surface area contributed by atoms with E-state index in [1.165, 1.54) is 17.0 Å². The minimum Gasteiger partial charge on any atom is -0.446 e. The van der Waals surface area contributed by atoms with Gasteiger partial charge in [-0.3, -0.25) is 14.4 Å². The molecule has 4 N–H and O–H groups in total. The molecule has 2 aliphatic carbocycles. The zero-order valence-electron chi connectivity index (χ0n) is 31.6. The lowest BCUT2D eigenvalue weighted by Gasteiger charge is -2.32. The second kappa shape index (κ2) is 17.6. The Morgan fingerprint density at radius 1 is 0.927 bits per heavy atom. The van der Waals surface area contributed by atoms with E-state index in [4.69, 9.17) is 9.47 Å². The summed E-state index contributed by atoms with van der Waals surface area (Å²) in [6.45, 7) is 6.45. The second-order valence-corrected chi connectivity index (χ2v) is 17.1. The number of fused-ring (bicyclic) bond motifs is 2. The second-order valence-electron chi connectivity index (χ2n) is 15.5. The van der Waals surface area contributed by atoms with Gasteiger partial charge in [0, 0.05) is 45.1 Å². The topological polar surface area (TPSA) is 196 Å². The number of nitrogens with zero attached hydrogens (tertiary/aromatic N) is 3. The van der Waals surface area contributed by atoms with Crippen LogP contribution in [0.25, 0.3) is 0 Å². The molecule has 6 rings (SSSR count). The molecule has 1 spiro atoms. The summed E-state index contributed by atoms with van der Waals surface area (Å²) < 4.78 is 41.1. The molecule has 0 aromatic heterocycles. The Bertz CT molecular complexity index is 1710. The highest BCUT2D eigenvalue weighted by Crippen LogP contribution is 2.45. The van der Waals surface area contributed by atoms with Crippen molar-refractivity contribution < 1.29 is 41.9 Å². The molecule has 1 aromatic carbocycles. The number of para-hydroxylation sites is 1. The third kappa shape index (κ3) is 9.72. The summed E-state index contributed by atoms with van der Waals surface area (Å²) in [7, 11) is -2.42. The number of piperazine rings is 1. The third-order valence-corrected chi connectivity index (χ3v) is 12.9. The molecular weight excluding hydrogens is 731 g/mol. The zero-order valence-corrected chi connectivity index (χ0v) is 32.4. The maximum atomic E-state index is 14.5. The molecular formula is C38H55N7O9S. The third-order valence-electron chi connectivity index (χ3n) is 11.5. The number of alkyl carbamates (subject to hydrolysis) is 1. The Morgan fingerprint density at radius 2 is 1.62 bits per heavy atom. The van der Waals surface area contributed by atoms with Gasteiger partial charge in [0.2, 0.25) is 11.8 Å². The summed E-state index contributed by atoms with van der Waals surface area (Å²) in [4.78, 5) is 74.0. The highest BCUT2D eigenvalue weighted by Gasteiger charge is 2.61. The molecule has 4 fully saturated rings. The van der Waals surface area contributed by atoms with E-state index in [-0.39, 0.29) is 30.4 Å². The van der Waals surface area contributed by atoms with Gasteiger partial charge < -0.3 is 40.1 Å². The minimum absolute atomic E-state index is 0.0654. The lowest BCUT2D eigenvalue weighted by molar-refractivity contribution is -0.141. The molecule has 302 valence electrons. The van der Waals surface area contributed by atoms with Gasteiger partial charge in [0.25, 0.3) is 15.9 Å². The lowest BCUT2D eigenvalue weighted by Crippen LogP contribution is -2.58. The van der Waals surface area contributed by atoms with E-state index in [0.29, 0.717) is 51.3 Å². The molecule has 1 aromatic rings. The first-order valence-corrected chi connectivity index (χ1v) is 21.1. The molecule has 0 unspecified atom stereocenters. The van der Waals surface area contributed by atoms with E-state index < -0.39 is 69.6 Å². The molecule has 2 saturated carbocycles. The summed E-state index contributed by atoms with van der Waals surface area (Å²) in [5, 5.41) is 8.74. The maximum Gasteiger partial charge on any atom is 0.410 e. The van der Waals surface area contributed by atoms with Crippen molar-refractivity contribution in [3.05, 3.63) is 36.9 Å². The van der Waals surface area contributed by atoms with Crippen molar-refractivity contribution in [2.75, 3.05) is 51.6 Å². The van der Waals surface area contributed by atoms with Crippen molar-refractivity contribution in [1.82, 2.24) is 30.1 Å². The van der Waals surface area contributed by atoms with Crippen LogP contribution in [-0.2, 0) is 33.9 Å². The lowest BCUT2D eigenvalue weighted by atomic mass is 10.0. The van der Waals surface area contributed by atoms with Crippen LogP contribution in [0.4, 0.5) is 15.3 Å². The number of rotatable bonds is 4. The van der Waals surface area contributed by atoms with E-state index in [0.717, 1.165) is 51.4 Å². The Hall–Kier alpha value is -4.38. The van der Waals surface area contributed by atoms with Crippen LogP contribution in [0.5, 0.6) is 0 Å². The molecule has 0 bridgehead atoms. The molecule has 2 saturated heterocycles. The number of hydrogen-bond donors (Lipinski definition) is 4. The summed E-state index contributed by atoms with van der Waals surface area (Å²) in [6, 6.07) is 4.10. The van der Waals surface area contributed by atoms with Gasteiger partial charge in [0.15, 0.2) is 0 Å². The van der Waals surface area contributed by atoms with Gasteiger partial charge in [-0.2, -0.15) is 0 Å². The summed E-state index contributed by atoms with van der Waals surface area (Å²) in [6.07, 6.45) is 6.65. The number of likely N-dealkylation sites (N-methyl/N-ethyl adjacent to an activating group) is 1. The maximum absolute atomic E-state index is 14.5. The number of anilines is 1. The van der Waals surface area contributed by atoms with E-state index in [1.807, 2.05) is 7.05 Å². The molecule has 5 aliphatic rings. The fourth-order valence-corrected chi connectivity index (χ4v) is 9.28.